The Morgan fingerprint density at radius 2 is 1.81 bits per heavy atom. The molecule has 2 aromatic rings. The van der Waals surface area contributed by atoms with Crippen LogP contribution in [0.2, 0.25) is 10.0 Å². The summed E-state index contributed by atoms with van der Waals surface area (Å²) in [6.07, 6.45) is 2.25. The third-order valence-electron chi connectivity index (χ3n) is 5.64. The Labute approximate surface area is 165 Å². The second-order valence-electron chi connectivity index (χ2n) is 8.41. The summed E-state index contributed by atoms with van der Waals surface area (Å²) in [6.45, 7) is 7.55. The van der Waals surface area contributed by atoms with E-state index in [2.05, 4.69) is 44.3 Å². The van der Waals surface area contributed by atoms with Gasteiger partial charge in [0.25, 0.3) is 0 Å². The van der Waals surface area contributed by atoms with E-state index in [-0.39, 0.29) is 17.6 Å². The van der Waals surface area contributed by atoms with Gasteiger partial charge in [-0.1, -0.05) is 62.2 Å². The van der Waals surface area contributed by atoms with Gasteiger partial charge in [0.2, 0.25) is 0 Å². The number of nitrogens with one attached hydrogen (secondary N) is 1. The first-order chi connectivity index (χ1) is 12.4. The Morgan fingerprint density at radius 1 is 1.08 bits per heavy atom. The van der Waals surface area contributed by atoms with Crippen LogP contribution in [0, 0.1) is 5.92 Å². The first-order valence-corrected chi connectivity index (χ1v) is 10.1. The van der Waals surface area contributed by atoms with Crippen molar-refractivity contribution in [3.63, 3.8) is 0 Å². The molecular formula is C22H25Cl2NO. The highest BCUT2D eigenvalue weighted by Crippen LogP contribution is 2.51. The van der Waals surface area contributed by atoms with Crippen molar-refractivity contribution in [3.05, 3.63) is 63.1 Å². The number of ether oxygens (including phenoxy) is 1. The van der Waals surface area contributed by atoms with Gasteiger partial charge in [0.15, 0.2) is 0 Å². The summed E-state index contributed by atoms with van der Waals surface area (Å²) in [5, 5.41) is 5.16. The number of rotatable bonds is 1. The van der Waals surface area contributed by atoms with E-state index in [4.69, 9.17) is 27.9 Å². The summed E-state index contributed by atoms with van der Waals surface area (Å²) in [4.78, 5) is 0. The van der Waals surface area contributed by atoms with Crippen LogP contribution in [0.3, 0.4) is 0 Å². The van der Waals surface area contributed by atoms with Gasteiger partial charge in [0, 0.05) is 39.4 Å². The molecule has 0 amide bonds. The Bertz CT molecular complexity index is 807. The third kappa shape index (κ3) is 3.13. The molecule has 1 N–H and O–H groups in total. The van der Waals surface area contributed by atoms with Crippen molar-refractivity contribution in [1.29, 1.82) is 0 Å². The number of fused-ring (bicyclic) bond motifs is 3. The van der Waals surface area contributed by atoms with Crippen LogP contribution in [-0.4, -0.2) is 6.61 Å². The van der Waals surface area contributed by atoms with Gasteiger partial charge in [-0.05, 0) is 42.0 Å². The van der Waals surface area contributed by atoms with Crippen molar-refractivity contribution in [2.45, 2.75) is 51.2 Å². The van der Waals surface area contributed by atoms with Gasteiger partial charge in [0.05, 0.1) is 12.1 Å². The molecule has 0 spiro atoms. The van der Waals surface area contributed by atoms with Crippen LogP contribution in [0.1, 0.15) is 62.4 Å². The maximum atomic E-state index is 6.54. The molecule has 4 heteroatoms. The summed E-state index contributed by atoms with van der Waals surface area (Å²) in [7, 11) is 0. The molecule has 1 fully saturated rings. The molecule has 0 saturated carbocycles. The smallest absolute Gasteiger partial charge is 0.0895 e. The van der Waals surface area contributed by atoms with Gasteiger partial charge in [-0.15, -0.1) is 0 Å². The van der Waals surface area contributed by atoms with Crippen LogP contribution >= 0.6 is 23.2 Å². The zero-order valence-electron chi connectivity index (χ0n) is 15.5. The molecule has 26 heavy (non-hydrogen) atoms. The minimum absolute atomic E-state index is 0.0643. The van der Waals surface area contributed by atoms with Crippen molar-refractivity contribution >= 4 is 28.9 Å². The monoisotopic (exact) mass is 389 g/mol. The lowest BCUT2D eigenvalue weighted by atomic mass is 9.76. The van der Waals surface area contributed by atoms with Crippen LogP contribution in [0.25, 0.3) is 0 Å². The third-order valence-corrected chi connectivity index (χ3v) is 6.30. The minimum Gasteiger partial charge on any atom is -0.377 e. The van der Waals surface area contributed by atoms with Crippen molar-refractivity contribution < 1.29 is 4.74 Å². The standard InChI is InChI=1S/C22H25Cl2NO/c1-22(2,3)13-9-10-18-15(12-13)21-14(6-5-11-26-21)20(25-18)19-16(23)7-4-8-17(19)24/h4,7-10,12,14,20-21,25H,5-6,11H2,1-3H3. The van der Waals surface area contributed by atoms with E-state index >= 15 is 0 Å². The number of benzene rings is 2. The van der Waals surface area contributed by atoms with Gasteiger partial charge in [-0.2, -0.15) is 0 Å². The van der Waals surface area contributed by atoms with Gasteiger partial charge < -0.3 is 10.1 Å². The van der Waals surface area contributed by atoms with Crippen molar-refractivity contribution in [2.75, 3.05) is 11.9 Å². The van der Waals surface area contributed by atoms with E-state index in [9.17, 15) is 0 Å². The van der Waals surface area contributed by atoms with E-state index in [0.29, 0.717) is 16.0 Å². The first-order valence-electron chi connectivity index (χ1n) is 9.33. The van der Waals surface area contributed by atoms with Crippen molar-refractivity contribution in [2.24, 2.45) is 5.92 Å². The fourth-order valence-corrected chi connectivity index (χ4v) is 4.86. The molecule has 0 aromatic heterocycles. The Morgan fingerprint density at radius 3 is 2.50 bits per heavy atom. The lowest BCUT2D eigenvalue weighted by Gasteiger charge is -2.44. The molecule has 2 heterocycles. The molecule has 2 aromatic carbocycles. The Kier molecular flexibility index (Phi) is 4.71. The van der Waals surface area contributed by atoms with Crippen LogP contribution < -0.4 is 5.32 Å². The molecule has 0 bridgehead atoms. The lowest BCUT2D eigenvalue weighted by Crippen LogP contribution is -2.36. The first kappa shape index (κ1) is 18.2. The minimum atomic E-state index is 0.0643. The predicted molar refractivity (Wildman–Crippen MR) is 109 cm³/mol. The van der Waals surface area contributed by atoms with Crippen LogP contribution in [-0.2, 0) is 10.2 Å². The highest BCUT2D eigenvalue weighted by Gasteiger charge is 2.41. The lowest BCUT2D eigenvalue weighted by molar-refractivity contribution is -0.0381. The van der Waals surface area contributed by atoms with Crippen LogP contribution in [0.5, 0.6) is 0 Å². The van der Waals surface area contributed by atoms with E-state index in [1.807, 2.05) is 18.2 Å². The predicted octanol–water partition coefficient (Wildman–Crippen LogP) is 6.93. The average Bonchev–Trinajstić information content (AvgIpc) is 2.60. The molecule has 0 aliphatic carbocycles. The van der Waals surface area contributed by atoms with Gasteiger partial charge >= 0.3 is 0 Å². The molecule has 3 unspecified atom stereocenters. The van der Waals surface area contributed by atoms with E-state index < -0.39 is 0 Å². The fraction of sp³-hybridized carbons (Fsp3) is 0.455. The highest BCUT2D eigenvalue weighted by atomic mass is 35.5. The zero-order chi connectivity index (χ0) is 18.5. The van der Waals surface area contributed by atoms with Gasteiger partial charge in [-0.3, -0.25) is 0 Å². The van der Waals surface area contributed by atoms with Crippen LogP contribution in [0.4, 0.5) is 5.69 Å². The largest absolute Gasteiger partial charge is 0.377 e. The maximum absolute atomic E-state index is 6.54. The van der Waals surface area contributed by atoms with Gasteiger partial charge in [0.1, 0.15) is 0 Å². The topological polar surface area (TPSA) is 21.3 Å². The number of hydrogen-bond donors (Lipinski definition) is 1. The molecule has 2 aliphatic heterocycles. The summed E-state index contributed by atoms with van der Waals surface area (Å²) in [6, 6.07) is 12.5. The van der Waals surface area contributed by atoms with Gasteiger partial charge in [-0.25, -0.2) is 0 Å². The molecule has 2 aliphatic rings. The highest BCUT2D eigenvalue weighted by molar-refractivity contribution is 6.36. The zero-order valence-corrected chi connectivity index (χ0v) is 17.0. The summed E-state index contributed by atoms with van der Waals surface area (Å²) < 4.78 is 6.28. The second kappa shape index (κ2) is 6.74. The van der Waals surface area contributed by atoms with E-state index in [1.54, 1.807) is 0 Å². The summed E-state index contributed by atoms with van der Waals surface area (Å²) in [5.74, 6) is 0.323. The molecule has 3 atom stereocenters. The summed E-state index contributed by atoms with van der Waals surface area (Å²) >= 11 is 13.1. The molecular weight excluding hydrogens is 365 g/mol. The summed E-state index contributed by atoms with van der Waals surface area (Å²) in [5.41, 5.74) is 4.83. The maximum Gasteiger partial charge on any atom is 0.0895 e. The van der Waals surface area contributed by atoms with E-state index in [0.717, 1.165) is 30.7 Å². The molecule has 4 rings (SSSR count). The number of anilines is 1. The molecule has 2 nitrogen and oxygen atoms in total. The average molecular weight is 390 g/mol. The number of halogens is 2. The fourth-order valence-electron chi connectivity index (χ4n) is 4.23. The molecule has 0 radical (unpaired) electrons. The van der Waals surface area contributed by atoms with Crippen molar-refractivity contribution in [1.82, 2.24) is 0 Å². The van der Waals surface area contributed by atoms with E-state index in [1.165, 1.54) is 11.1 Å². The number of hydrogen-bond acceptors (Lipinski definition) is 2. The molecule has 138 valence electrons. The SMILES string of the molecule is CC(C)(C)c1ccc2c(c1)C1OCCCC1C(c1c(Cl)cccc1Cl)N2. The van der Waals surface area contributed by atoms with Crippen LogP contribution in [0.15, 0.2) is 36.4 Å². The Balaban J connectivity index is 1.82. The Hall–Kier alpha value is -1.22. The van der Waals surface area contributed by atoms with Crippen molar-refractivity contribution in [3.8, 4) is 0 Å². The molecule has 1 saturated heterocycles. The quantitative estimate of drug-likeness (QED) is 0.570. The second-order valence-corrected chi connectivity index (χ2v) is 9.22. The normalized spacial score (nSPS) is 25.2.